The van der Waals surface area contributed by atoms with Crippen molar-refractivity contribution < 1.29 is 32.5 Å². The summed E-state index contributed by atoms with van der Waals surface area (Å²) in [5.41, 5.74) is 5.13. The van der Waals surface area contributed by atoms with Crippen LogP contribution in [-0.4, -0.2) is 38.7 Å². The number of hydrogen-bond donors (Lipinski definition) is 2. The van der Waals surface area contributed by atoms with E-state index in [2.05, 4.69) is 0 Å². The van der Waals surface area contributed by atoms with E-state index in [1.54, 1.807) is 0 Å². The molecule has 1 aromatic rings. The predicted octanol–water partition coefficient (Wildman–Crippen LogP) is 2.45. The highest BCUT2D eigenvalue weighted by molar-refractivity contribution is 5.85. The summed E-state index contributed by atoms with van der Waals surface area (Å²) in [6, 6.07) is 0.740. The van der Waals surface area contributed by atoms with Crippen molar-refractivity contribution in [3.05, 3.63) is 17.7 Å². The molecule has 0 amide bonds. The molecule has 0 aliphatic heterocycles. The number of aliphatic hydroxyl groups excluding tert-OH is 1. The Hall–Kier alpha value is -1.38. The number of aliphatic hydroxyl groups is 1. The molecule has 22 heavy (non-hydrogen) atoms. The molecule has 0 spiro atoms. The molecule has 3 N–H and O–H groups in total. The zero-order chi connectivity index (χ0) is 16.2. The van der Waals surface area contributed by atoms with Crippen LogP contribution in [0.1, 0.15) is 18.1 Å². The molecule has 0 fully saturated rings. The Morgan fingerprint density at radius 2 is 1.55 bits per heavy atom. The summed E-state index contributed by atoms with van der Waals surface area (Å²) in [4.78, 5) is 0. The number of halogens is 4. The maximum absolute atomic E-state index is 12.5. The Morgan fingerprint density at radius 1 is 1.09 bits per heavy atom. The molecule has 5 nitrogen and oxygen atoms in total. The molecule has 0 aromatic heterocycles. The van der Waals surface area contributed by atoms with E-state index in [9.17, 15) is 18.3 Å². The van der Waals surface area contributed by atoms with Crippen LogP contribution >= 0.6 is 12.4 Å². The first-order valence-corrected chi connectivity index (χ1v) is 6.04. The number of benzene rings is 1. The SMILES string of the molecule is COc1cc(OC)c([C@@H](O)C[C@@H](N)C(F)(F)F)c(OC)c1.Cl. The van der Waals surface area contributed by atoms with E-state index in [1.807, 2.05) is 0 Å². The minimum absolute atomic E-state index is 0. The molecule has 9 heteroatoms. The van der Waals surface area contributed by atoms with Crippen molar-refractivity contribution >= 4 is 12.4 Å². The van der Waals surface area contributed by atoms with Gasteiger partial charge in [0.05, 0.1) is 33.0 Å². The number of nitrogens with two attached hydrogens (primary N) is 1. The smallest absolute Gasteiger partial charge is 0.403 e. The van der Waals surface area contributed by atoms with Crippen molar-refractivity contribution in [1.29, 1.82) is 0 Å². The first-order valence-electron chi connectivity index (χ1n) is 6.04. The lowest BCUT2D eigenvalue weighted by atomic mass is 9.99. The second kappa shape index (κ2) is 8.30. The summed E-state index contributed by atoms with van der Waals surface area (Å²) in [5.74, 6) is 0.709. The standard InChI is InChI=1S/C13H18F3NO4.ClH/c1-19-7-4-9(20-2)12(10(5-7)21-3)8(18)6-11(17)13(14,15)16;/h4-5,8,11,18H,6,17H2,1-3H3;1H/t8-,11+;/m0./s1. The van der Waals surface area contributed by atoms with Crippen molar-refractivity contribution in [2.24, 2.45) is 5.73 Å². The van der Waals surface area contributed by atoms with Gasteiger partial charge in [0.2, 0.25) is 0 Å². The van der Waals surface area contributed by atoms with E-state index in [1.165, 1.54) is 33.5 Å². The number of hydrogen-bond acceptors (Lipinski definition) is 5. The van der Waals surface area contributed by atoms with Crippen LogP contribution in [0.5, 0.6) is 17.2 Å². The van der Waals surface area contributed by atoms with Gasteiger partial charge in [0.25, 0.3) is 0 Å². The quantitative estimate of drug-likeness (QED) is 0.828. The van der Waals surface area contributed by atoms with Crippen LogP contribution < -0.4 is 19.9 Å². The summed E-state index contributed by atoms with van der Waals surface area (Å²) in [7, 11) is 4.08. The molecular weight excluding hydrogens is 327 g/mol. The molecule has 0 aliphatic carbocycles. The Kier molecular flexibility index (Phi) is 7.78. The maximum Gasteiger partial charge on any atom is 0.403 e. The van der Waals surface area contributed by atoms with E-state index in [-0.39, 0.29) is 29.5 Å². The molecular formula is C13H19ClF3NO4. The second-order valence-corrected chi connectivity index (χ2v) is 4.35. The molecule has 0 saturated carbocycles. The molecule has 128 valence electrons. The minimum Gasteiger partial charge on any atom is -0.496 e. The van der Waals surface area contributed by atoms with Gasteiger partial charge in [0.1, 0.15) is 23.3 Å². The Morgan fingerprint density at radius 3 is 1.86 bits per heavy atom. The van der Waals surface area contributed by atoms with Gasteiger partial charge >= 0.3 is 6.18 Å². The van der Waals surface area contributed by atoms with Crippen molar-refractivity contribution in [1.82, 2.24) is 0 Å². The summed E-state index contributed by atoms with van der Waals surface area (Å²) < 4.78 is 52.6. The van der Waals surface area contributed by atoms with Crippen LogP contribution in [0.15, 0.2) is 12.1 Å². The zero-order valence-electron chi connectivity index (χ0n) is 12.3. The topological polar surface area (TPSA) is 73.9 Å². The lowest BCUT2D eigenvalue weighted by molar-refractivity contribution is -0.154. The van der Waals surface area contributed by atoms with Crippen LogP contribution in [0.3, 0.4) is 0 Å². The van der Waals surface area contributed by atoms with Gasteiger partial charge in [-0.25, -0.2) is 0 Å². The molecule has 2 atom stereocenters. The average molecular weight is 346 g/mol. The van der Waals surface area contributed by atoms with Crippen molar-refractivity contribution in [2.45, 2.75) is 24.7 Å². The van der Waals surface area contributed by atoms with E-state index < -0.39 is 24.7 Å². The van der Waals surface area contributed by atoms with Gasteiger partial charge < -0.3 is 25.1 Å². The van der Waals surface area contributed by atoms with Crippen LogP contribution in [-0.2, 0) is 0 Å². The summed E-state index contributed by atoms with van der Waals surface area (Å²) in [5, 5.41) is 10.1. The highest BCUT2D eigenvalue weighted by Crippen LogP contribution is 2.40. The van der Waals surface area contributed by atoms with Gasteiger partial charge in [-0.15, -0.1) is 12.4 Å². The number of methoxy groups -OCH3 is 3. The molecule has 0 heterocycles. The van der Waals surface area contributed by atoms with E-state index in [0.717, 1.165) is 0 Å². The molecule has 0 saturated heterocycles. The van der Waals surface area contributed by atoms with Crippen LogP contribution in [0.4, 0.5) is 13.2 Å². The first kappa shape index (κ1) is 20.6. The van der Waals surface area contributed by atoms with E-state index >= 15 is 0 Å². The maximum atomic E-state index is 12.5. The van der Waals surface area contributed by atoms with E-state index in [0.29, 0.717) is 5.75 Å². The van der Waals surface area contributed by atoms with Crippen LogP contribution in [0, 0.1) is 0 Å². The predicted molar refractivity (Wildman–Crippen MR) is 77.0 cm³/mol. The fourth-order valence-electron chi connectivity index (χ4n) is 1.85. The third-order valence-corrected chi connectivity index (χ3v) is 2.98. The normalized spacial score (nSPS) is 13.8. The number of rotatable bonds is 6. The van der Waals surface area contributed by atoms with Gasteiger partial charge in [-0.1, -0.05) is 0 Å². The van der Waals surface area contributed by atoms with Gasteiger partial charge in [-0.05, 0) is 0 Å². The summed E-state index contributed by atoms with van der Waals surface area (Å²) in [6.07, 6.45) is -6.78. The van der Waals surface area contributed by atoms with Gasteiger partial charge in [0.15, 0.2) is 0 Å². The number of ether oxygens (including phenoxy) is 3. The Balaban J connectivity index is 0.00000441. The molecule has 1 aromatic carbocycles. The van der Waals surface area contributed by atoms with Crippen molar-refractivity contribution in [3.8, 4) is 17.2 Å². The van der Waals surface area contributed by atoms with Crippen LogP contribution in [0.2, 0.25) is 0 Å². The highest BCUT2D eigenvalue weighted by Gasteiger charge is 2.39. The van der Waals surface area contributed by atoms with Crippen molar-refractivity contribution in [3.63, 3.8) is 0 Å². The monoisotopic (exact) mass is 345 g/mol. The fraction of sp³-hybridized carbons (Fsp3) is 0.538. The third kappa shape index (κ3) is 4.82. The lowest BCUT2D eigenvalue weighted by Crippen LogP contribution is -2.38. The minimum atomic E-state index is -4.59. The first-order chi connectivity index (χ1) is 9.74. The largest absolute Gasteiger partial charge is 0.496 e. The van der Waals surface area contributed by atoms with E-state index in [4.69, 9.17) is 19.9 Å². The molecule has 0 radical (unpaired) electrons. The fourth-order valence-corrected chi connectivity index (χ4v) is 1.85. The van der Waals surface area contributed by atoms with Gasteiger partial charge in [-0.3, -0.25) is 0 Å². The van der Waals surface area contributed by atoms with Gasteiger partial charge in [0, 0.05) is 18.6 Å². The highest BCUT2D eigenvalue weighted by atomic mass is 35.5. The molecule has 1 rings (SSSR count). The summed E-state index contributed by atoms with van der Waals surface area (Å²) >= 11 is 0. The number of alkyl halides is 3. The van der Waals surface area contributed by atoms with Crippen LogP contribution in [0.25, 0.3) is 0 Å². The average Bonchev–Trinajstić information content (AvgIpc) is 2.44. The van der Waals surface area contributed by atoms with Gasteiger partial charge in [-0.2, -0.15) is 13.2 Å². The molecule has 0 unspecified atom stereocenters. The Labute approximate surface area is 132 Å². The molecule has 0 bridgehead atoms. The Bertz CT molecular complexity index is 460. The molecule has 0 aliphatic rings. The second-order valence-electron chi connectivity index (χ2n) is 4.35. The third-order valence-electron chi connectivity index (χ3n) is 2.98. The lowest BCUT2D eigenvalue weighted by Gasteiger charge is -2.22. The summed E-state index contributed by atoms with van der Waals surface area (Å²) in [6.45, 7) is 0. The zero-order valence-corrected chi connectivity index (χ0v) is 13.1. The van der Waals surface area contributed by atoms with Crippen molar-refractivity contribution in [2.75, 3.05) is 21.3 Å².